The molecule has 0 amide bonds. The van der Waals surface area contributed by atoms with E-state index >= 15 is 0 Å². The third-order valence-corrected chi connectivity index (χ3v) is 4.13. The Morgan fingerprint density at radius 2 is 1.42 bits per heavy atom. The maximum Gasteiger partial charge on any atom is 0.305 e. The number of hydrogen-bond donors (Lipinski definition) is 0. The lowest BCUT2D eigenvalue weighted by molar-refractivity contribution is -0.145. The van der Waals surface area contributed by atoms with Crippen molar-refractivity contribution in [2.24, 2.45) is 0 Å². The third-order valence-electron chi connectivity index (χ3n) is 4.13. The van der Waals surface area contributed by atoms with Crippen LogP contribution in [0.3, 0.4) is 0 Å². The molecule has 0 unspecified atom stereocenters. The van der Waals surface area contributed by atoms with Crippen molar-refractivity contribution in [1.82, 2.24) is 0 Å². The Labute approximate surface area is 162 Å². The second-order valence-corrected chi connectivity index (χ2v) is 7.12. The van der Waals surface area contributed by atoms with Crippen LogP contribution in [0.15, 0.2) is 24.3 Å². The topological polar surface area (TPSA) is 35.5 Å². The molecular weight excluding hydrogens is 324 g/mol. The zero-order valence-corrected chi connectivity index (χ0v) is 17.5. The quantitative estimate of drug-likeness (QED) is 0.152. The second kappa shape index (κ2) is 20.2. The molecule has 0 fully saturated rings. The minimum Gasteiger partial charge on any atom is -0.463 e. The number of hydrogen-bond acceptors (Lipinski definition) is 3. The second-order valence-electron chi connectivity index (χ2n) is 7.12. The van der Waals surface area contributed by atoms with Gasteiger partial charge in [-0.05, 0) is 52.4 Å². The molecule has 0 aromatic rings. The van der Waals surface area contributed by atoms with Gasteiger partial charge in [-0.3, -0.25) is 4.79 Å². The maximum atomic E-state index is 11.5. The summed E-state index contributed by atoms with van der Waals surface area (Å²) < 4.78 is 10.5. The lowest BCUT2D eigenvalue weighted by Crippen LogP contribution is -2.13. The lowest BCUT2D eigenvalue weighted by Gasteiger charge is -2.08. The van der Waals surface area contributed by atoms with Gasteiger partial charge in [0.15, 0.2) is 0 Å². The Morgan fingerprint density at radius 3 is 2.08 bits per heavy atom. The van der Waals surface area contributed by atoms with E-state index in [1.807, 2.05) is 13.8 Å². The lowest BCUT2D eigenvalue weighted by atomic mass is 10.1. The SMILES string of the molecule is CCCCC/C=C\C/C=C\CCCCCCCC(=O)OCCOC(C)C. The molecule has 0 aliphatic heterocycles. The van der Waals surface area contributed by atoms with E-state index in [1.54, 1.807) is 0 Å². The Morgan fingerprint density at radius 1 is 0.808 bits per heavy atom. The molecule has 0 aliphatic rings. The summed E-state index contributed by atoms with van der Waals surface area (Å²) in [6, 6.07) is 0. The van der Waals surface area contributed by atoms with Gasteiger partial charge < -0.3 is 9.47 Å². The van der Waals surface area contributed by atoms with Gasteiger partial charge in [-0.25, -0.2) is 0 Å². The first kappa shape index (κ1) is 24.9. The van der Waals surface area contributed by atoms with Gasteiger partial charge in [0.2, 0.25) is 0 Å². The summed E-state index contributed by atoms with van der Waals surface area (Å²) in [5, 5.41) is 0. The number of ether oxygens (including phenoxy) is 2. The van der Waals surface area contributed by atoms with Crippen LogP contribution in [-0.4, -0.2) is 25.3 Å². The maximum absolute atomic E-state index is 11.5. The molecule has 0 saturated carbocycles. The van der Waals surface area contributed by atoms with Crippen LogP contribution in [0.4, 0.5) is 0 Å². The smallest absolute Gasteiger partial charge is 0.305 e. The molecule has 152 valence electrons. The first-order chi connectivity index (χ1) is 12.7. The molecule has 0 atom stereocenters. The summed E-state index contributed by atoms with van der Waals surface area (Å²) in [6.07, 6.45) is 23.0. The van der Waals surface area contributed by atoms with Gasteiger partial charge in [-0.1, -0.05) is 63.3 Å². The van der Waals surface area contributed by atoms with E-state index in [0.29, 0.717) is 19.6 Å². The van der Waals surface area contributed by atoms with Crippen LogP contribution in [-0.2, 0) is 14.3 Å². The fourth-order valence-corrected chi connectivity index (χ4v) is 2.59. The van der Waals surface area contributed by atoms with E-state index in [1.165, 1.54) is 51.4 Å². The molecule has 3 nitrogen and oxygen atoms in total. The van der Waals surface area contributed by atoms with Crippen molar-refractivity contribution in [3.8, 4) is 0 Å². The highest BCUT2D eigenvalue weighted by molar-refractivity contribution is 5.69. The number of allylic oxidation sites excluding steroid dienone is 4. The van der Waals surface area contributed by atoms with Gasteiger partial charge >= 0.3 is 5.97 Å². The average molecular weight is 367 g/mol. The predicted octanol–water partition coefficient (Wildman–Crippen LogP) is 6.77. The molecule has 0 rings (SSSR count). The molecule has 26 heavy (non-hydrogen) atoms. The Hall–Kier alpha value is -1.09. The van der Waals surface area contributed by atoms with Crippen LogP contribution in [0.5, 0.6) is 0 Å². The molecule has 0 bridgehead atoms. The summed E-state index contributed by atoms with van der Waals surface area (Å²) in [4.78, 5) is 11.5. The zero-order chi connectivity index (χ0) is 19.3. The number of carbonyl (C=O) groups excluding carboxylic acids is 1. The van der Waals surface area contributed by atoms with Gasteiger partial charge in [0.05, 0.1) is 12.7 Å². The summed E-state index contributed by atoms with van der Waals surface area (Å²) >= 11 is 0. The third kappa shape index (κ3) is 21.0. The van der Waals surface area contributed by atoms with Crippen molar-refractivity contribution in [3.63, 3.8) is 0 Å². The minimum atomic E-state index is -0.0944. The predicted molar refractivity (Wildman–Crippen MR) is 111 cm³/mol. The number of unbranched alkanes of at least 4 members (excludes halogenated alkanes) is 8. The van der Waals surface area contributed by atoms with Crippen LogP contribution in [0.2, 0.25) is 0 Å². The van der Waals surface area contributed by atoms with E-state index in [4.69, 9.17) is 9.47 Å². The molecule has 3 heteroatoms. The van der Waals surface area contributed by atoms with E-state index < -0.39 is 0 Å². The van der Waals surface area contributed by atoms with Crippen molar-refractivity contribution >= 4 is 5.97 Å². The van der Waals surface area contributed by atoms with Crippen LogP contribution in [0, 0.1) is 0 Å². The van der Waals surface area contributed by atoms with E-state index in [0.717, 1.165) is 19.3 Å². The average Bonchev–Trinajstić information content (AvgIpc) is 2.62. The van der Waals surface area contributed by atoms with E-state index in [9.17, 15) is 4.79 Å². The fourth-order valence-electron chi connectivity index (χ4n) is 2.59. The highest BCUT2D eigenvalue weighted by Crippen LogP contribution is 2.08. The normalized spacial score (nSPS) is 11.8. The van der Waals surface area contributed by atoms with Crippen molar-refractivity contribution in [1.29, 1.82) is 0 Å². The largest absolute Gasteiger partial charge is 0.463 e. The number of esters is 1. The Kier molecular flexibility index (Phi) is 19.4. The summed E-state index contributed by atoms with van der Waals surface area (Å²) in [6.45, 7) is 7.06. The highest BCUT2D eigenvalue weighted by Gasteiger charge is 2.02. The molecule has 0 saturated heterocycles. The molecule has 0 heterocycles. The molecule has 0 aromatic carbocycles. The Bertz CT molecular complexity index is 358. The van der Waals surface area contributed by atoms with Gasteiger partial charge in [-0.2, -0.15) is 0 Å². The molecule has 0 N–H and O–H groups in total. The molecule has 0 spiro atoms. The van der Waals surface area contributed by atoms with Crippen LogP contribution >= 0.6 is 0 Å². The molecule has 0 aromatic heterocycles. The Balaban J connectivity index is 3.27. The van der Waals surface area contributed by atoms with Crippen molar-refractivity contribution in [2.75, 3.05) is 13.2 Å². The van der Waals surface area contributed by atoms with Crippen molar-refractivity contribution in [2.45, 2.75) is 104 Å². The van der Waals surface area contributed by atoms with Crippen LogP contribution in [0.25, 0.3) is 0 Å². The van der Waals surface area contributed by atoms with Crippen LogP contribution < -0.4 is 0 Å². The van der Waals surface area contributed by atoms with Crippen LogP contribution in [0.1, 0.15) is 97.8 Å². The summed E-state index contributed by atoms with van der Waals surface area (Å²) in [7, 11) is 0. The first-order valence-electron chi connectivity index (χ1n) is 10.7. The van der Waals surface area contributed by atoms with Gasteiger partial charge in [0.1, 0.15) is 6.61 Å². The first-order valence-corrected chi connectivity index (χ1v) is 10.7. The van der Waals surface area contributed by atoms with Gasteiger partial charge in [-0.15, -0.1) is 0 Å². The van der Waals surface area contributed by atoms with Gasteiger partial charge in [0.25, 0.3) is 0 Å². The summed E-state index contributed by atoms with van der Waals surface area (Å²) in [5.74, 6) is -0.0944. The van der Waals surface area contributed by atoms with E-state index in [-0.39, 0.29) is 12.1 Å². The number of carbonyl (C=O) groups is 1. The molecular formula is C23H42O3. The monoisotopic (exact) mass is 366 g/mol. The number of rotatable bonds is 18. The molecule has 0 aliphatic carbocycles. The standard InChI is InChI=1S/C23H42O3/c1-4-5-6-7-8-9-10-11-12-13-14-15-16-17-18-19-23(24)26-21-20-25-22(2)3/h8-9,11-12,22H,4-7,10,13-21H2,1-3H3/b9-8-,12-11-. The zero-order valence-electron chi connectivity index (χ0n) is 17.5. The minimum absolute atomic E-state index is 0.0944. The summed E-state index contributed by atoms with van der Waals surface area (Å²) in [5.41, 5.74) is 0. The van der Waals surface area contributed by atoms with Gasteiger partial charge in [0, 0.05) is 6.42 Å². The van der Waals surface area contributed by atoms with Crippen molar-refractivity contribution < 1.29 is 14.3 Å². The van der Waals surface area contributed by atoms with Crippen molar-refractivity contribution in [3.05, 3.63) is 24.3 Å². The fraction of sp³-hybridized carbons (Fsp3) is 0.783. The molecule has 0 radical (unpaired) electrons. The van der Waals surface area contributed by atoms with E-state index in [2.05, 4.69) is 31.2 Å². The highest BCUT2D eigenvalue weighted by atomic mass is 16.6.